The third-order valence-electron chi connectivity index (χ3n) is 1.25. The maximum absolute atomic E-state index is 12.7. The Hall–Kier alpha value is -0.440. The highest BCUT2D eigenvalue weighted by atomic mass is 79.9. The molecule has 10 heavy (non-hydrogen) atoms. The molecule has 1 aromatic rings. The summed E-state index contributed by atoms with van der Waals surface area (Å²) in [5, 5.41) is 0. The van der Waals surface area contributed by atoms with Gasteiger partial charge in [0.25, 0.3) is 0 Å². The summed E-state index contributed by atoms with van der Waals surface area (Å²) in [6.45, 7) is 1.94. The molecule has 0 unspecified atom stereocenters. The van der Waals surface area contributed by atoms with Crippen molar-refractivity contribution in [2.45, 2.75) is 13.3 Å². The molecular formula is C7H7BrFN. The molecule has 0 atom stereocenters. The molecule has 0 aliphatic rings. The van der Waals surface area contributed by atoms with Crippen LogP contribution in [0.1, 0.15) is 12.6 Å². The molecule has 0 N–H and O–H groups in total. The van der Waals surface area contributed by atoms with Gasteiger partial charge in [-0.2, -0.15) is 0 Å². The van der Waals surface area contributed by atoms with Gasteiger partial charge in [-0.3, -0.25) is 4.98 Å². The summed E-state index contributed by atoms with van der Waals surface area (Å²) in [7, 11) is 0. The van der Waals surface area contributed by atoms with E-state index in [4.69, 9.17) is 0 Å². The van der Waals surface area contributed by atoms with Gasteiger partial charge in [0, 0.05) is 6.20 Å². The SMILES string of the molecule is CCc1nccc(F)c1Br. The molecule has 3 heteroatoms. The molecule has 0 spiro atoms. The number of aryl methyl sites for hydroxylation is 1. The molecular weight excluding hydrogens is 197 g/mol. The number of aromatic nitrogens is 1. The van der Waals surface area contributed by atoms with Crippen LogP contribution < -0.4 is 0 Å². The summed E-state index contributed by atoms with van der Waals surface area (Å²) in [6, 6.07) is 1.34. The van der Waals surface area contributed by atoms with Gasteiger partial charge in [0.1, 0.15) is 5.82 Å². The Morgan fingerprint density at radius 2 is 2.40 bits per heavy atom. The van der Waals surface area contributed by atoms with Gasteiger partial charge in [-0.1, -0.05) is 6.92 Å². The van der Waals surface area contributed by atoms with E-state index in [9.17, 15) is 4.39 Å². The van der Waals surface area contributed by atoms with Crippen molar-refractivity contribution in [1.82, 2.24) is 4.98 Å². The Bertz CT molecular complexity index is 237. The maximum atomic E-state index is 12.7. The molecule has 1 aromatic heterocycles. The van der Waals surface area contributed by atoms with Crippen LogP contribution in [0.15, 0.2) is 16.7 Å². The lowest BCUT2D eigenvalue weighted by Gasteiger charge is -1.98. The molecule has 1 nitrogen and oxygen atoms in total. The zero-order valence-electron chi connectivity index (χ0n) is 5.56. The fourth-order valence-electron chi connectivity index (χ4n) is 0.707. The van der Waals surface area contributed by atoms with E-state index in [2.05, 4.69) is 20.9 Å². The predicted molar refractivity (Wildman–Crippen MR) is 41.3 cm³/mol. The van der Waals surface area contributed by atoms with Crippen molar-refractivity contribution in [3.8, 4) is 0 Å². The lowest BCUT2D eigenvalue weighted by molar-refractivity contribution is 0.614. The van der Waals surface area contributed by atoms with E-state index >= 15 is 0 Å². The zero-order chi connectivity index (χ0) is 7.56. The van der Waals surface area contributed by atoms with Gasteiger partial charge in [0.15, 0.2) is 0 Å². The first kappa shape index (κ1) is 7.66. The first-order valence-electron chi connectivity index (χ1n) is 3.04. The highest BCUT2D eigenvalue weighted by Crippen LogP contribution is 2.17. The van der Waals surface area contributed by atoms with Crippen LogP contribution in [0.3, 0.4) is 0 Å². The quantitative estimate of drug-likeness (QED) is 0.684. The summed E-state index contributed by atoms with van der Waals surface area (Å²) in [5.74, 6) is -0.244. The summed E-state index contributed by atoms with van der Waals surface area (Å²) < 4.78 is 13.2. The first-order valence-corrected chi connectivity index (χ1v) is 3.84. The number of rotatable bonds is 1. The predicted octanol–water partition coefficient (Wildman–Crippen LogP) is 2.55. The largest absolute Gasteiger partial charge is 0.260 e. The van der Waals surface area contributed by atoms with E-state index in [1.165, 1.54) is 12.3 Å². The molecule has 1 rings (SSSR count). The topological polar surface area (TPSA) is 12.9 Å². The van der Waals surface area contributed by atoms with Crippen molar-refractivity contribution in [3.05, 3.63) is 28.2 Å². The van der Waals surface area contributed by atoms with Gasteiger partial charge in [-0.05, 0) is 28.4 Å². The Balaban J connectivity index is 3.14. The summed E-state index contributed by atoms with van der Waals surface area (Å²) in [5.41, 5.74) is 0.764. The lowest BCUT2D eigenvalue weighted by Crippen LogP contribution is -1.90. The first-order chi connectivity index (χ1) is 4.75. The number of nitrogens with zero attached hydrogens (tertiary/aromatic N) is 1. The van der Waals surface area contributed by atoms with Crippen molar-refractivity contribution < 1.29 is 4.39 Å². The van der Waals surface area contributed by atoms with Gasteiger partial charge < -0.3 is 0 Å². The van der Waals surface area contributed by atoms with E-state index in [1.807, 2.05) is 6.92 Å². The fraction of sp³-hybridized carbons (Fsp3) is 0.286. The lowest BCUT2D eigenvalue weighted by atomic mass is 10.3. The second-order valence-corrected chi connectivity index (χ2v) is 2.70. The minimum atomic E-state index is -0.244. The summed E-state index contributed by atoms with van der Waals surface area (Å²) >= 11 is 3.10. The molecule has 0 saturated carbocycles. The highest BCUT2D eigenvalue weighted by Gasteiger charge is 2.02. The summed E-state index contributed by atoms with van der Waals surface area (Å²) in [4.78, 5) is 3.97. The van der Waals surface area contributed by atoms with Crippen LogP contribution in [-0.4, -0.2) is 4.98 Å². The monoisotopic (exact) mass is 203 g/mol. The molecule has 0 saturated heterocycles. The summed E-state index contributed by atoms with van der Waals surface area (Å²) in [6.07, 6.45) is 2.22. The molecule has 0 fully saturated rings. The van der Waals surface area contributed by atoms with Crippen LogP contribution in [0.2, 0.25) is 0 Å². The normalized spacial score (nSPS) is 9.90. The van der Waals surface area contributed by atoms with Crippen molar-refractivity contribution in [1.29, 1.82) is 0 Å². The Kier molecular flexibility index (Phi) is 2.38. The van der Waals surface area contributed by atoms with Gasteiger partial charge in [0.05, 0.1) is 10.2 Å². The molecule has 0 bridgehead atoms. The van der Waals surface area contributed by atoms with Gasteiger partial charge in [-0.25, -0.2) is 4.39 Å². The van der Waals surface area contributed by atoms with Gasteiger partial charge in [0.2, 0.25) is 0 Å². The average Bonchev–Trinajstić information content (AvgIpc) is 1.95. The van der Waals surface area contributed by atoms with E-state index in [1.54, 1.807) is 0 Å². The number of halogens is 2. The van der Waals surface area contributed by atoms with Gasteiger partial charge >= 0.3 is 0 Å². The minimum Gasteiger partial charge on any atom is -0.260 e. The van der Waals surface area contributed by atoms with Crippen molar-refractivity contribution in [3.63, 3.8) is 0 Å². The molecule has 0 aliphatic carbocycles. The highest BCUT2D eigenvalue weighted by molar-refractivity contribution is 9.10. The Morgan fingerprint density at radius 1 is 1.70 bits per heavy atom. The molecule has 54 valence electrons. The molecule has 0 aromatic carbocycles. The third kappa shape index (κ3) is 1.34. The Labute approximate surface area is 67.4 Å². The van der Waals surface area contributed by atoms with Crippen LogP contribution in [-0.2, 0) is 6.42 Å². The van der Waals surface area contributed by atoms with Gasteiger partial charge in [-0.15, -0.1) is 0 Å². The van der Waals surface area contributed by atoms with Crippen LogP contribution in [0.4, 0.5) is 4.39 Å². The average molecular weight is 204 g/mol. The van der Waals surface area contributed by atoms with Crippen LogP contribution in [0.5, 0.6) is 0 Å². The molecule has 0 amide bonds. The van der Waals surface area contributed by atoms with E-state index < -0.39 is 0 Å². The molecule has 1 heterocycles. The number of hydrogen-bond acceptors (Lipinski definition) is 1. The van der Waals surface area contributed by atoms with Crippen LogP contribution >= 0.6 is 15.9 Å². The smallest absolute Gasteiger partial charge is 0.140 e. The number of hydrogen-bond donors (Lipinski definition) is 0. The maximum Gasteiger partial charge on any atom is 0.140 e. The second-order valence-electron chi connectivity index (χ2n) is 1.91. The third-order valence-corrected chi connectivity index (χ3v) is 2.09. The van der Waals surface area contributed by atoms with Crippen molar-refractivity contribution in [2.24, 2.45) is 0 Å². The van der Waals surface area contributed by atoms with Crippen molar-refractivity contribution >= 4 is 15.9 Å². The number of pyridine rings is 1. The van der Waals surface area contributed by atoms with E-state index in [0.29, 0.717) is 4.47 Å². The van der Waals surface area contributed by atoms with Crippen LogP contribution in [0.25, 0.3) is 0 Å². The minimum absolute atomic E-state index is 0.244. The molecule has 0 radical (unpaired) electrons. The van der Waals surface area contributed by atoms with E-state index in [-0.39, 0.29) is 5.82 Å². The zero-order valence-corrected chi connectivity index (χ0v) is 7.15. The van der Waals surface area contributed by atoms with Crippen molar-refractivity contribution in [2.75, 3.05) is 0 Å². The standard InChI is InChI=1S/C7H7BrFN/c1-2-6-7(8)5(9)3-4-10-6/h3-4H,2H2,1H3. The molecule has 0 aliphatic heterocycles. The fourth-order valence-corrected chi connectivity index (χ4v) is 1.22. The van der Waals surface area contributed by atoms with Crippen LogP contribution in [0, 0.1) is 5.82 Å². The Morgan fingerprint density at radius 3 is 2.90 bits per heavy atom. The van der Waals surface area contributed by atoms with E-state index in [0.717, 1.165) is 12.1 Å². The second kappa shape index (κ2) is 3.10.